The molecule has 2 fully saturated rings. The molecule has 2 aliphatic rings. The van der Waals surface area contributed by atoms with Crippen LogP contribution in [0.3, 0.4) is 0 Å². The first-order chi connectivity index (χ1) is 16.9. The number of carbonyl (C=O) groups is 2. The Hall–Kier alpha value is -1.83. The van der Waals surface area contributed by atoms with Crippen molar-refractivity contribution in [1.82, 2.24) is 20.9 Å². The predicted molar refractivity (Wildman–Crippen MR) is 141 cm³/mol. The van der Waals surface area contributed by atoms with Crippen molar-refractivity contribution in [2.45, 2.75) is 69.9 Å². The van der Waals surface area contributed by atoms with Crippen LogP contribution in [0.1, 0.15) is 63.9 Å². The van der Waals surface area contributed by atoms with Gasteiger partial charge in [0.05, 0.1) is 5.60 Å². The van der Waals surface area contributed by atoms with E-state index >= 15 is 0 Å². The molecular weight excluding hydrogens is 464 g/mol. The van der Waals surface area contributed by atoms with E-state index in [1.165, 1.54) is 32.1 Å². The molecule has 3 atom stereocenters. The summed E-state index contributed by atoms with van der Waals surface area (Å²) in [6.45, 7) is 4.03. The number of amides is 3. The number of ether oxygens (including phenoxy) is 1. The molecule has 1 aromatic rings. The third-order valence-corrected chi connectivity index (χ3v) is 8.02. The molecule has 3 rings (SSSR count). The molecule has 0 bridgehead atoms. The number of likely N-dealkylation sites (tertiary alicyclic amines) is 1. The summed E-state index contributed by atoms with van der Waals surface area (Å²) in [4.78, 5) is 27.3. The van der Waals surface area contributed by atoms with E-state index in [4.69, 9.17) is 16.3 Å². The molecule has 1 aliphatic heterocycles. The third-order valence-electron chi connectivity index (χ3n) is 7.79. The maximum absolute atomic E-state index is 13.4. The van der Waals surface area contributed by atoms with Crippen LogP contribution in [0.2, 0.25) is 5.02 Å². The zero-order valence-electron chi connectivity index (χ0n) is 21.6. The summed E-state index contributed by atoms with van der Waals surface area (Å²) < 4.78 is 6.27. The van der Waals surface area contributed by atoms with Crippen molar-refractivity contribution in [3.63, 3.8) is 0 Å². The molecule has 1 saturated heterocycles. The Kier molecular flexibility index (Phi) is 10.7. The Labute approximate surface area is 215 Å². The van der Waals surface area contributed by atoms with Crippen LogP contribution in [0.5, 0.6) is 0 Å². The summed E-state index contributed by atoms with van der Waals surface area (Å²) in [6, 6.07) is 7.74. The topological polar surface area (TPSA) is 82.7 Å². The van der Waals surface area contributed by atoms with Crippen molar-refractivity contribution < 1.29 is 14.3 Å². The first-order valence-electron chi connectivity index (χ1n) is 13.2. The minimum Gasteiger partial charge on any atom is -0.360 e. The average Bonchev–Trinajstić information content (AvgIpc) is 2.87. The van der Waals surface area contributed by atoms with Gasteiger partial charge in [0, 0.05) is 43.7 Å². The van der Waals surface area contributed by atoms with Gasteiger partial charge in [-0.05, 0) is 56.8 Å². The second-order valence-corrected chi connectivity index (χ2v) is 10.7. The Bertz CT molecular complexity index is 832. The lowest BCUT2D eigenvalue weighted by atomic mass is 9.78. The van der Waals surface area contributed by atoms with E-state index < -0.39 is 5.60 Å². The highest BCUT2D eigenvalue weighted by molar-refractivity contribution is 6.30. The maximum atomic E-state index is 13.4. The monoisotopic (exact) mass is 506 g/mol. The van der Waals surface area contributed by atoms with Crippen molar-refractivity contribution in [1.29, 1.82) is 0 Å². The number of carbonyl (C=O) groups excluding carboxylic acids is 2. The molecule has 3 N–H and O–H groups in total. The molecule has 0 spiro atoms. The van der Waals surface area contributed by atoms with E-state index in [1.807, 2.05) is 43.1 Å². The first-order valence-corrected chi connectivity index (χ1v) is 13.5. The van der Waals surface area contributed by atoms with Crippen molar-refractivity contribution >= 4 is 23.5 Å². The van der Waals surface area contributed by atoms with Gasteiger partial charge < -0.3 is 25.6 Å². The Balaban J connectivity index is 1.70. The standard InChI is InChI=1S/C27H43ClN4O3/c1-27(35-19-25(33)30-3,21-11-7-13-23(28)16-21)22-12-8-14-32(18-22)26(34)31-24(17-29-2)15-20-9-5-4-6-10-20/h7,11,13,16,20,22,24,29H,4-6,8-10,12,14-15,17-19H2,1-3H3,(H,30,33)(H,31,34). The van der Waals surface area contributed by atoms with Crippen molar-refractivity contribution in [2.75, 3.05) is 40.3 Å². The molecular formula is C27H43ClN4O3. The van der Waals surface area contributed by atoms with Crippen molar-refractivity contribution in [3.05, 3.63) is 34.9 Å². The first kappa shape index (κ1) is 27.8. The summed E-state index contributed by atoms with van der Waals surface area (Å²) in [7, 11) is 3.54. The van der Waals surface area contributed by atoms with Crippen LogP contribution >= 0.6 is 11.6 Å². The fraction of sp³-hybridized carbons (Fsp3) is 0.704. The van der Waals surface area contributed by atoms with Gasteiger partial charge in [-0.1, -0.05) is 55.8 Å². The van der Waals surface area contributed by atoms with Gasteiger partial charge in [-0.25, -0.2) is 4.79 Å². The van der Waals surface area contributed by atoms with Crippen LogP contribution in [0.15, 0.2) is 24.3 Å². The number of likely N-dealkylation sites (N-methyl/N-ethyl adjacent to an activating group) is 2. The number of piperidine rings is 1. The fourth-order valence-electron chi connectivity index (χ4n) is 5.66. The smallest absolute Gasteiger partial charge is 0.317 e. The molecule has 196 valence electrons. The van der Waals surface area contributed by atoms with E-state index in [1.54, 1.807) is 7.05 Å². The third kappa shape index (κ3) is 7.83. The number of hydrogen-bond acceptors (Lipinski definition) is 4. The second kappa shape index (κ2) is 13.5. The van der Waals surface area contributed by atoms with Gasteiger partial charge in [0.15, 0.2) is 0 Å². The number of halogens is 1. The molecule has 0 aromatic heterocycles. The fourth-order valence-corrected chi connectivity index (χ4v) is 5.85. The number of nitrogens with zero attached hydrogens (tertiary/aromatic N) is 1. The van der Waals surface area contributed by atoms with E-state index in [9.17, 15) is 9.59 Å². The quantitative estimate of drug-likeness (QED) is 0.442. The van der Waals surface area contributed by atoms with Gasteiger partial charge in [0.25, 0.3) is 0 Å². The molecule has 3 amide bonds. The average molecular weight is 507 g/mol. The Morgan fingerprint density at radius 2 is 1.94 bits per heavy atom. The molecule has 35 heavy (non-hydrogen) atoms. The van der Waals surface area contributed by atoms with Gasteiger partial charge in [-0.3, -0.25) is 4.79 Å². The number of hydrogen-bond donors (Lipinski definition) is 3. The molecule has 0 radical (unpaired) electrons. The number of urea groups is 1. The minimum atomic E-state index is -0.747. The summed E-state index contributed by atoms with van der Waals surface area (Å²) in [5, 5.41) is 9.82. The highest BCUT2D eigenvalue weighted by atomic mass is 35.5. The van der Waals surface area contributed by atoms with Crippen LogP contribution in [0.4, 0.5) is 4.79 Å². The van der Waals surface area contributed by atoms with E-state index in [-0.39, 0.29) is 30.5 Å². The van der Waals surface area contributed by atoms with Gasteiger partial charge in [-0.15, -0.1) is 0 Å². The molecule has 1 aliphatic carbocycles. The Morgan fingerprint density at radius 1 is 1.17 bits per heavy atom. The summed E-state index contributed by atoms with van der Waals surface area (Å²) in [6.07, 6.45) is 9.29. The lowest BCUT2D eigenvalue weighted by Crippen LogP contribution is -2.54. The Morgan fingerprint density at radius 3 is 2.63 bits per heavy atom. The summed E-state index contributed by atoms with van der Waals surface area (Å²) >= 11 is 6.31. The van der Waals surface area contributed by atoms with E-state index in [0.717, 1.165) is 37.9 Å². The summed E-state index contributed by atoms with van der Waals surface area (Å²) in [5.41, 5.74) is 0.176. The number of rotatable bonds is 10. The largest absolute Gasteiger partial charge is 0.360 e. The second-order valence-electron chi connectivity index (χ2n) is 10.3. The molecule has 8 heteroatoms. The number of nitrogens with one attached hydrogen (secondary N) is 3. The lowest BCUT2D eigenvalue weighted by Gasteiger charge is -2.44. The zero-order valence-corrected chi connectivity index (χ0v) is 22.3. The normalized spacial score (nSPS) is 21.7. The van der Waals surface area contributed by atoms with Crippen LogP contribution in [0, 0.1) is 11.8 Å². The summed E-state index contributed by atoms with van der Waals surface area (Å²) in [5.74, 6) is 0.549. The number of benzene rings is 1. The van der Waals surface area contributed by atoms with Crippen molar-refractivity contribution in [3.8, 4) is 0 Å². The van der Waals surface area contributed by atoms with Crippen LogP contribution in [-0.2, 0) is 15.1 Å². The minimum absolute atomic E-state index is 0.00879. The van der Waals surface area contributed by atoms with Crippen LogP contribution in [0.25, 0.3) is 0 Å². The van der Waals surface area contributed by atoms with Crippen LogP contribution < -0.4 is 16.0 Å². The van der Waals surface area contributed by atoms with Gasteiger partial charge in [0.1, 0.15) is 6.61 Å². The SMILES string of the molecule is CNCC(CC1CCCCC1)NC(=O)N1CCCC(C(C)(OCC(=O)NC)c2cccc(Cl)c2)C1. The van der Waals surface area contributed by atoms with Crippen molar-refractivity contribution in [2.24, 2.45) is 11.8 Å². The van der Waals surface area contributed by atoms with Crippen LogP contribution in [-0.4, -0.2) is 63.2 Å². The van der Waals surface area contributed by atoms with E-state index in [2.05, 4.69) is 16.0 Å². The lowest BCUT2D eigenvalue weighted by molar-refractivity contribution is -0.140. The molecule has 3 unspecified atom stereocenters. The highest BCUT2D eigenvalue weighted by Crippen LogP contribution is 2.39. The predicted octanol–water partition coefficient (Wildman–Crippen LogP) is 4.30. The van der Waals surface area contributed by atoms with Gasteiger partial charge >= 0.3 is 6.03 Å². The molecule has 7 nitrogen and oxygen atoms in total. The highest BCUT2D eigenvalue weighted by Gasteiger charge is 2.41. The van der Waals surface area contributed by atoms with E-state index in [0.29, 0.717) is 17.5 Å². The molecule has 1 aromatic carbocycles. The zero-order chi connectivity index (χ0) is 25.3. The molecule has 1 heterocycles. The maximum Gasteiger partial charge on any atom is 0.317 e. The van der Waals surface area contributed by atoms with Gasteiger partial charge in [0.2, 0.25) is 5.91 Å². The molecule has 1 saturated carbocycles. The van der Waals surface area contributed by atoms with Gasteiger partial charge in [-0.2, -0.15) is 0 Å².